The second-order valence-electron chi connectivity index (χ2n) is 4.99. The molecule has 1 saturated carbocycles. The van der Waals surface area contributed by atoms with Crippen molar-refractivity contribution in [2.75, 3.05) is 19.6 Å². The van der Waals surface area contributed by atoms with E-state index >= 15 is 0 Å². The summed E-state index contributed by atoms with van der Waals surface area (Å²) in [6, 6.07) is 1.45. The molecule has 90 valence electrons. The molecule has 0 amide bonds. The topological polar surface area (TPSA) is 15.3 Å². The van der Waals surface area contributed by atoms with Gasteiger partial charge in [0.05, 0.1) is 0 Å². The molecular weight excluding hydrogens is 184 g/mol. The van der Waals surface area contributed by atoms with E-state index in [0.29, 0.717) is 6.04 Å². The lowest BCUT2D eigenvalue weighted by molar-refractivity contribution is 0.217. The van der Waals surface area contributed by atoms with Crippen LogP contribution in [0.25, 0.3) is 0 Å². The molecule has 2 nitrogen and oxygen atoms in total. The van der Waals surface area contributed by atoms with Gasteiger partial charge in [0.15, 0.2) is 0 Å². The van der Waals surface area contributed by atoms with Crippen molar-refractivity contribution >= 4 is 0 Å². The van der Waals surface area contributed by atoms with Crippen molar-refractivity contribution < 1.29 is 0 Å². The van der Waals surface area contributed by atoms with Crippen LogP contribution in [0.2, 0.25) is 0 Å². The van der Waals surface area contributed by atoms with E-state index in [0.717, 1.165) is 18.5 Å². The van der Waals surface area contributed by atoms with E-state index in [9.17, 15) is 0 Å². The lowest BCUT2D eigenvalue weighted by atomic mass is 10.1. The van der Waals surface area contributed by atoms with Crippen LogP contribution in [0, 0.1) is 5.92 Å². The minimum atomic E-state index is 0.674. The van der Waals surface area contributed by atoms with Gasteiger partial charge < -0.3 is 5.32 Å². The van der Waals surface area contributed by atoms with Crippen molar-refractivity contribution in [1.29, 1.82) is 0 Å². The maximum absolute atomic E-state index is 3.74. The van der Waals surface area contributed by atoms with E-state index in [2.05, 4.69) is 37.9 Å². The third-order valence-corrected chi connectivity index (χ3v) is 3.97. The van der Waals surface area contributed by atoms with Crippen molar-refractivity contribution in [1.82, 2.24) is 10.2 Å². The van der Waals surface area contributed by atoms with Crippen LogP contribution >= 0.6 is 0 Å². The summed E-state index contributed by atoms with van der Waals surface area (Å²) < 4.78 is 0. The zero-order chi connectivity index (χ0) is 11.3. The van der Waals surface area contributed by atoms with Crippen LogP contribution < -0.4 is 5.32 Å². The molecule has 1 N–H and O–H groups in total. The highest BCUT2D eigenvalue weighted by Crippen LogP contribution is 2.24. The van der Waals surface area contributed by atoms with Gasteiger partial charge in [-0.3, -0.25) is 4.90 Å². The monoisotopic (exact) mass is 212 g/mol. The predicted octanol–water partition coefficient (Wildman–Crippen LogP) is 2.49. The van der Waals surface area contributed by atoms with Crippen molar-refractivity contribution in [3.8, 4) is 0 Å². The average molecular weight is 212 g/mol. The van der Waals surface area contributed by atoms with Crippen molar-refractivity contribution in [2.24, 2.45) is 5.92 Å². The Kier molecular flexibility index (Phi) is 5.62. The van der Waals surface area contributed by atoms with Gasteiger partial charge in [0.25, 0.3) is 0 Å². The van der Waals surface area contributed by atoms with E-state index < -0.39 is 0 Å². The van der Waals surface area contributed by atoms with Gasteiger partial charge in [-0.1, -0.05) is 27.2 Å². The summed E-state index contributed by atoms with van der Waals surface area (Å²) in [6.07, 6.45) is 4.21. The first kappa shape index (κ1) is 13.0. The fraction of sp³-hybridized carbons (Fsp3) is 1.00. The van der Waals surface area contributed by atoms with Gasteiger partial charge >= 0.3 is 0 Å². The Morgan fingerprint density at radius 1 is 1.27 bits per heavy atom. The van der Waals surface area contributed by atoms with E-state index in [1.807, 2.05) is 0 Å². The SMILES string of the molecule is CCN(CC)C(C)CNC1CCCC1C. The molecule has 1 rings (SSSR count). The molecule has 1 aliphatic rings. The number of hydrogen-bond acceptors (Lipinski definition) is 2. The largest absolute Gasteiger partial charge is 0.312 e. The summed E-state index contributed by atoms with van der Waals surface area (Å²) in [5.74, 6) is 0.883. The highest BCUT2D eigenvalue weighted by atomic mass is 15.2. The van der Waals surface area contributed by atoms with Crippen LogP contribution in [-0.4, -0.2) is 36.6 Å². The lowest BCUT2D eigenvalue weighted by Gasteiger charge is -2.28. The van der Waals surface area contributed by atoms with E-state index in [-0.39, 0.29) is 0 Å². The van der Waals surface area contributed by atoms with Crippen LogP contribution in [-0.2, 0) is 0 Å². The van der Waals surface area contributed by atoms with Crippen LogP contribution in [0.1, 0.15) is 47.0 Å². The molecule has 0 spiro atoms. The molecule has 15 heavy (non-hydrogen) atoms. The second kappa shape index (κ2) is 6.49. The molecule has 0 radical (unpaired) electrons. The molecular formula is C13H28N2. The van der Waals surface area contributed by atoms with Crippen molar-refractivity contribution in [2.45, 2.75) is 59.0 Å². The van der Waals surface area contributed by atoms with E-state index in [1.54, 1.807) is 0 Å². The lowest BCUT2D eigenvalue weighted by Crippen LogP contribution is -2.44. The first-order valence-corrected chi connectivity index (χ1v) is 6.66. The van der Waals surface area contributed by atoms with Crippen molar-refractivity contribution in [3.63, 3.8) is 0 Å². The van der Waals surface area contributed by atoms with Gasteiger partial charge in [0.2, 0.25) is 0 Å². The third kappa shape index (κ3) is 3.76. The van der Waals surface area contributed by atoms with E-state index in [4.69, 9.17) is 0 Å². The zero-order valence-electron chi connectivity index (χ0n) is 10.9. The molecule has 0 saturated heterocycles. The molecule has 3 unspecified atom stereocenters. The maximum atomic E-state index is 3.74. The number of likely N-dealkylation sites (N-methyl/N-ethyl adjacent to an activating group) is 1. The van der Waals surface area contributed by atoms with Crippen LogP contribution in [0.3, 0.4) is 0 Å². The quantitative estimate of drug-likeness (QED) is 0.728. The average Bonchev–Trinajstić information content (AvgIpc) is 2.63. The van der Waals surface area contributed by atoms with Crippen molar-refractivity contribution in [3.05, 3.63) is 0 Å². The fourth-order valence-electron chi connectivity index (χ4n) is 2.75. The zero-order valence-corrected chi connectivity index (χ0v) is 10.9. The first-order valence-electron chi connectivity index (χ1n) is 6.66. The van der Waals surface area contributed by atoms with Crippen LogP contribution in [0.15, 0.2) is 0 Å². The molecule has 0 aliphatic heterocycles. The standard InChI is InChI=1S/C13H28N2/c1-5-15(6-2)12(4)10-14-13-9-7-8-11(13)3/h11-14H,5-10H2,1-4H3. The van der Waals surface area contributed by atoms with Gasteiger partial charge in [-0.2, -0.15) is 0 Å². The molecule has 0 heterocycles. The Labute approximate surface area is 95.4 Å². The van der Waals surface area contributed by atoms with Crippen LogP contribution in [0.4, 0.5) is 0 Å². The van der Waals surface area contributed by atoms with Gasteiger partial charge in [-0.05, 0) is 38.8 Å². The van der Waals surface area contributed by atoms with Crippen LogP contribution in [0.5, 0.6) is 0 Å². The highest BCUT2D eigenvalue weighted by Gasteiger charge is 2.23. The Bertz CT molecular complexity index is 166. The summed E-state index contributed by atoms with van der Waals surface area (Å²) in [5.41, 5.74) is 0. The molecule has 2 heteroatoms. The summed E-state index contributed by atoms with van der Waals surface area (Å²) in [6.45, 7) is 12.7. The fourth-order valence-corrected chi connectivity index (χ4v) is 2.75. The second-order valence-corrected chi connectivity index (χ2v) is 4.99. The Hall–Kier alpha value is -0.0800. The number of hydrogen-bond donors (Lipinski definition) is 1. The molecule has 0 aromatic carbocycles. The molecule has 0 aromatic heterocycles. The molecule has 0 aromatic rings. The normalized spacial score (nSPS) is 28.6. The molecule has 1 fully saturated rings. The molecule has 0 bridgehead atoms. The summed E-state index contributed by atoms with van der Waals surface area (Å²) >= 11 is 0. The minimum absolute atomic E-state index is 0.674. The van der Waals surface area contributed by atoms with E-state index in [1.165, 1.54) is 32.4 Å². The summed E-state index contributed by atoms with van der Waals surface area (Å²) in [4.78, 5) is 2.52. The molecule has 1 aliphatic carbocycles. The van der Waals surface area contributed by atoms with Gasteiger partial charge in [-0.15, -0.1) is 0 Å². The van der Waals surface area contributed by atoms with Gasteiger partial charge in [0.1, 0.15) is 0 Å². The highest BCUT2D eigenvalue weighted by molar-refractivity contribution is 4.81. The first-order chi connectivity index (χ1) is 7.19. The van der Waals surface area contributed by atoms with Gasteiger partial charge in [0, 0.05) is 18.6 Å². The maximum Gasteiger partial charge on any atom is 0.0192 e. The summed E-state index contributed by atoms with van der Waals surface area (Å²) in [7, 11) is 0. The Balaban J connectivity index is 2.23. The number of nitrogens with zero attached hydrogens (tertiary/aromatic N) is 1. The number of rotatable bonds is 6. The minimum Gasteiger partial charge on any atom is -0.312 e. The Morgan fingerprint density at radius 3 is 2.40 bits per heavy atom. The molecule has 3 atom stereocenters. The Morgan fingerprint density at radius 2 is 1.93 bits per heavy atom. The summed E-state index contributed by atoms with van der Waals surface area (Å²) in [5, 5.41) is 3.74. The number of nitrogens with one attached hydrogen (secondary N) is 1. The van der Waals surface area contributed by atoms with Gasteiger partial charge in [-0.25, -0.2) is 0 Å². The third-order valence-electron chi connectivity index (χ3n) is 3.97. The predicted molar refractivity (Wildman–Crippen MR) is 67.2 cm³/mol. The smallest absolute Gasteiger partial charge is 0.0192 e.